The van der Waals surface area contributed by atoms with Gasteiger partial charge in [-0.15, -0.1) is 0 Å². The monoisotopic (exact) mass is 444 g/mol. The van der Waals surface area contributed by atoms with Gasteiger partial charge in [0.1, 0.15) is 11.4 Å². The maximum Gasteiger partial charge on any atom is 0.267 e. The third-order valence-corrected chi connectivity index (χ3v) is 5.09. The SMILES string of the molecule is COc1ccc(C(=O)NC(=Cc2ccc3c(c2)OCO3)C(=O)NCCc2ccccc2)cc1. The largest absolute Gasteiger partial charge is 0.497 e. The van der Waals surface area contributed by atoms with Gasteiger partial charge < -0.3 is 24.8 Å². The van der Waals surface area contributed by atoms with Crippen LogP contribution in [0.3, 0.4) is 0 Å². The van der Waals surface area contributed by atoms with Gasteiger partial charge in [0.2, 0.25) is 6.79 Å². The number of carbonyl (C=O) groups is 2. The molecule has 2 N–H and O–H groups in total. The maximum atomic E-state index is 13.0. The molecule has 1 heterocycles. The predicted octanol–water partition coefficient (Wildman–Crippen LogP) is 3.55. The van der Waals surface area contributed by atoms with Crippen molar-refractivity contribution in [2.24, 2.45) is 0 Å². The fraction of sp³-hybridized carbons (Fsp3) is 0.154. The summed E-state index contributed by atoms with van der Waals surface area (Å²) in [7, 11) is 1.56. The second-order valence-electron chi connectivity index (χ2n) is 7.34. The van der Waals surface area contributed by atoms with Gasteiger partial charge in [0.25, 0.3) is 11.8 Å². The smallest absolute Gasteiger partial charge is 0.267 e. The van der Waals surface area contributed by atoms with Crippen LogP contribution in [0.5, 0.6) is 17.2 Å². The lowest BCUT2D eigenvalue weighted by atomic mass is 10.1. The molecule has 7 heteroatoms. The zero-order valence-electron chi connectivity index (χ0n) is 18.2. The Morgan fingerprint density at radius 1 is 0.970 bits per heavy atom. The average molecular weight is 444 g/mol. The molecule has 3 aromatic rings. The van der Waals surface area contributed by atoms with E-state index in [0.717, 1.165) is 5.56 Å². The van der Waals surface area contributed by atoms with E-state index in [4.69, 9.17) is 14.2 Å². The summed E-state index contributed by atoms with van der Waals surface area (Å²) in [6.07, 6.45) is 2.29. The van der Waals surface area contributed by atoms with Crippen molar-refractivity contribution in [1.82, 2.24) is 10.6 Å². The summed E-state index contributed by atoms with van der Waals surface area (Å²) in [5.74, 6) is 1.09. The number of rotatable bonds is 8. The highest BCUT2D eigenvalue weighted by Gasteiger charge is 2.17. The highest BCUT2D eigenvalue weighted by molar-refractivity contribution is 6.05. The van der Waals surface area contributed by atoms with Gasteiger partial charge in [0.05, 0.1) is 7.11 Å². The number of fused-ring (bicyclic) bond motifs is 1. The number of methoxy groups -OCH3 is 1. The Morgan fingerprint density at radius 3 is 2.48 bits per heavy atom. The molecule has 0 saturated heterocycles. The minimum absolute atomic E-state index is 0.128. The fourth-order valence-corrected chi connectivity index (χ4v) is 3.33. The molecule has 0 radical (unpaired) electrons. The third kappa shape index (κ3) is 5.71. The van der Waals surface area contributed by atoms with Gasteiger partial charge in [0, 0.05) is 12.1 Å². The van der Waals surface area contributed by atoms with Crippen LogP contribution in [0.25, 0.3) is 6.08 Å². The van der Waals surface area contributed by atoms with Crippen LogP contribution >= 0.6 is 0 Å². The molecule has 7 nitrogen and oxygen atoms in total. The van der Waals surface area contributed by atoms with Crippen LogP contribution in [-0.2, 0) is 11.2 Å². The minimum atomic E-state index is -0.400. The van der Waals surface area contributed by atoms with Crippen molar-refractivity contribution in [2.75, 3.05) is 20.4 Å². The lowest BCUT2D eigenvalue weighted by Crippen LogP contribution is -2.35. The number of carbonyl (C=O) groups excluding carboxylic acids is 2. The van der Waals surface area contributed by atoms with Crippen molar-refractivity contribution in [3.05, 3.63) is 95.2 Å². The van der Waals surface area contributed by atoms with Gasteiger partial charge in [-0.25, -0.2) is 0 Å². The van der Waals surface area contributed by atoms with E-state index < -0.39 is 5.91 Å². The zero-order chi connectivity index (χ0) is 23.0. The van der Waals surface area contributed by atoms with Crippen molar-refractivity contribution < 1.29 is 23.8 Å². The van der Waals surface area contributed by atoms with Crippen LogP contribution in [0.15, 0.2) is 78.5 Å². The normalized spacial score (nSPS) is 12.2. The number of benzene rings is 3. The second kappa shape index (κ2) is 10.4. The van der Waals surface area contributed by atoms with Crippen molar-refractivity contribution >= 4 is 17.9 Å². The molecule has 0 unspecified atom stereocenters. The van der Waals surface area contributed by atoms with Crippen LogP contribution in [-0.4, -0.2) is 32.3 Å². The molecule has 1 aliphatic rings. The Bertz CT molecular complexity index is 1160. The first-order chi connectivity index (χ1) is 16.1. The van der Waals surface area contributed by atoms with Crippen LogP contribution in [0.2, 0.25) is 0 Å². The molecular weight excluding hydrogens is 420 g/mol. The standard InChI is InChI=1S/C26H24N2O5/c1-31-21-10-8-20(9-11-21)25(29)28-22(15-19-7-12-23-24(16-19)33-17-32-23)26(30)27-14-13-18-5-3-2-4-6-18/h2-12,15-16H,13-14,17H2,1H3,(H,27,30)(H,28,29). The Balaban J connectivity index is 1.51. The van der Waals surface area contributed by atoms with E-state index in [-0.39, 0.29) is 18.4 Å². The minimum Gasteiger partial charge on any atom is -0.497 e. The predicted molar refractivity (Wildman–Crippen MR) is 124 cm³/mol. The Hall–Kier alpha value is -4.26. The molecule has 0 atom stereocenters. The van der Waals surface area contributed by atoms with Crippen molar-refractivity contribution in [1.29, 1.82) is 0 Å². The van der Waals surface area contributed by atoms with E-state index in [9.17, 15) is 9.59 Å². The van der Waals surface area contributed by atoms with Gasteiger partial charge in [-0.2, -0.15) is 0 Å². The number of hydrogen-bond acceptors (Lipinski definition) is 5. The highest BCUT2D eigenvalue weighted by atomic mass is 16.7. The van der Waals surface area contributed by atoms with Gasteiger partial charge in [-0.05, 0) is 60.0 Å². The number of nitrogens with one attached hydrogen (secondary N) is 2. The molecule has 0 saturated carbocycles. The summed E-state index contributed by atoms with van der Waals surface area (Å²) >= 11 is 0. The average Bonchev–Trinajstić information content (AvgIpc) is 3.32. The summed E-state index contributed by atoms with van der Waals surface area (Å²) < 4.78 is 15.9. The van der Waals surface area contributed by atoms with E-state index in [1.165, 1.54) is 0 Å². The topological polar surface area (TPSA) is 85.9 Å². The molecule has 0 aromatic heterocycles. The molecule has 3 aromatic carbocycles. The Labute approximate surface area is 192 Å². The Morgan fingerprint density at radius 2 is 1.73 bits per heavy atom. The first-order valence-electron chi connectivity index (χ1n) is 10.5. The molecule has 33 heavy (non-hydrogen) atoms. The van der Waals surface area contributed by atoms with Crippen molar-refractivity contribution in [3.8, 4) is 17.2 Å². The number of amides is 2. The van der Waals surface area contributed by atoms with E-state index in [1.54, 1.807) is 55.7 Å². The molecule has 0 bridgehead atoms. The Kier molecular flexibility index (Phi) is 6.90. The molecular formula is C26H24N2O5. The van der Waals surface area contributed by atoms with E-state index in [1.807, 2.05) is 30.3 Å². The summed E-state index contributed by atoms with van der Waals surface area (Å²) in [5.41, 5.74) is 2.34. The van der Waals surface area contributed by atoms with Gasteiger partial charge >= 0.3 is 0 Å². The molecule has 0 fully saturated rings. The van der Waals surface area contributed by atoms with Crippen LogP contribution in [0, 0.1) is 0 Å². The zero-order valence-corrected chi connectivity index (χ0v) is 18.2. The molecule has 4 rings (SSSR count). The van der Waals surface area contributed by atoms with E-state index in [2.05, 4.69) is 10.6 Å². The number of ether oxygens (including phenoxy) is 3. The van der Waals surface area contributed by atoms with Gasteiger partial charge in [-0.1, -0.05) is 36.4 Å². The van der Waals surface area contributed by atoms with Crippen molar-refractivity contribution in [3.63, 3.8) is 0 Å². The maximum absolute atomic E-state index is 13.0. The molecule has 2 amide bonds. The molecule has 0 spiro atoms. The molecule has 1 aliphatic heterocycles. The summed E-state index contributed by atoms with van der Waals surface area (Å²) in [4.78, 5) is 25.8. The highest BCUT2D eigenvalue weighted by Crippen LogP contribution is 2.33. The summed E-state index contributed by atoms with van der Waals surface area (Å²) in [6, 6.07) is 21.8. The quantitative estimate of drug-likeness (QED) is 0.519. The van der Waals surface area contributed by atoms with Crippen LogP contribution in [0.1, 0.15) is 21.5 Å². The van der Waals surface area contributed by atoms with Crippen molar-refractivity contribution in [2.45, 2.75) is 6.42 Å². The third-order valence-electron chi connectivity index (χ3n) is 5.09. The number of hydrogen-bond donors (Lipinski definition) is 2. The lowest BCUT2D eigenvalue weighted by molar-refractivity contribution is -0.117. The van der Waals surface area contributed by atoms with Crippen LogP contribution in [0.4, 0.5) is 0 Å². The fourth-order valence-electron chi connectivity index (χ4n) is 3.33. The first kappa shape index (κ1) is 22.0. The van der Waals surface area contributed by atoms with E-state index >= 15 is 0 Å². The van der Waals surface area contributed by atoms with Gasteiger partial charge in [-0.3, -0.25) is 9.59 Å². The molecule has 0 aliphatic carbocycles. The summed E-state index contributed by atoms with van der Waals surface area (Å²) in [6.45, 7) is 0.587. The first-order valence-corrected chi connectivity index (χ1v) is 10.5. The summed E-state index contributed by atoms with van der Waals surface area (Å²) in [5, 5.41) is 5.61. The van der Waals surface area contributed by atoms with Gasteiger partial charge in [0.15, 0.2) is 11.5 Å². The lowest BCUT2D eigenvalue weighted by Gasteiger charge is -2.12. The van der Waals surface area contributed by atoms with E-state index in [0.29, 0.717) is 41.3 Å². The van der Waals surface area contributed by atoms with Crippen LogP contribution < -0.4 is 24.8 Å². The molecule has 168 valence electrons. The second-order valence-corrected chi connectivity index (χ2v) is 7.34.